The highest BCUT2D eigenvalue weighted by Crippen LogP contribution is 2.12. The minimum Gasteiger partial charge on any atom is -0.390 e. The molecular weight excluding hydrogens is 282 g/mol. The Hall–Kier alpha value is -0.930. The first-order chi connectivity index (χ1) is 9.36. The highest BCUT2D eigenvalue weighted by molar-refractivity contribution is 7.89. The zero-order valence-electron chi connectivity index (χ0n) is 12.2. The molecule has 0 aromatic carbocycles. The number of hydrogen-bond donors (Lipinski definition) is 2. The Balaban J connectivity index is 2.41. The molecule has 0 amide bonds. The molecular formula is C12H23N3O4S. The van der Waals surface area contributed by atoms with Crippen molar-refractivity contribution in [2.24, 2.45) is 7.05 Å². The van der Waals surface area contributed by atoms with Gasteiger partial charge in [0.15, 0.2) is 0 Å². The quantitative estimate of drug-likeness (QED) is 0.594. The Labute approximate surface area is 120 Å². The number of aromatic nitrogens is 1. The number of likely N-dealkylation sites (N-methyl/N-ethyl adjacent to an activating group) is 1. The van der Waals surface area contributed by atoms with E-state index in [1.807, 2.05) is 19.0 Å². The molecule has 0 saturated heterocycles. The van der Waals surface area contributed by atoms with Gasteiger partial charge in [-0.15, -0.1) is 0 Å². The van der Waals surface area contributed by atoms with Crippen molar-refractivity contribution in [3.05, 3.63) is 18.0 Å². The molecule has 0 radical (unpaired) electrons. The van der Waals surface area contributed by atoms with E-state index in [0.717, 1.165) is 6.54 Å². The van der Waals surface area contributed by atoms with E-state index in [2.05, 4.69) is 4.72 Å². The highest BCUT2D eigenvalue weighted by Gasteiger charge is 2.16. The first-order valence-electron chi connectivity index (χ1n) is 6.35. The van der Waals surface area contributed by atoms with Crippen molar-refractivity contribution in [3.8, 4) is 0 Å². The summed E-state index contributed by atoms with van der Waals surface area (Å²) in [6.07, 6.45) is 1.47. The van der Waals surface area contributed by atoms with Crippen LogP contribution in [0.2, 0.25) is 0 Å². The van der Waals surface area contributed by atoms with Gasteiger partial charge in [0.2, 0.25) is 10.0 Å². The summed E-state index contributed by atoms with van der Waals surface area (Å²) in [6.45, 7) is 1.71. The minimum absolute atomic E-state index is 0.150. The Kier molecular flexibility index (Phi) is 6.63. The number of nitrogens with zero attached hydrogens (tertiary/aromatic N) is 2. The number of sulfonamides is 1. The van der Waals surface area contributed by atoms with Gasteiger partial charge in [0.1, 0.15) is 0 Å². The number of aliphatic hydroxyl groups excluding tert-OH is 1. The topological polar surface area (TPSA) is 83.8 Å². The van der Waals surface area contributed by atoms with E-state index in [1.165, 1.54) is 12.3 Å². The molecule has 2 N–H and O–H groups in total. The Bertz CT molecular complexity index is 511. The predicted octanol–water partition coefficient (Wildman–Crippen LogP) is -0.626. The minimum atomic E-state index is -3.55. The molecule has 1 aromatic rings. The Morgan fingerprint density at radius 2 is 2.10 bits per heavy atom. The largest absolute Gasteiger partial charge is 0.390 e. The van der Waals surface area contributed by atoms with Gasteiger partial charge in [-0.05, 0) is 20.2 Å². The van der Waals surface area contributed by atoms with Crippen LogP contribution in [0.4, 0.5) is 0 Å². The molecule has 116 valence electrons. The summed E-state index contributed by atoms with van der Waals surface area (Å²) < 4.78 is 33.3. The number of aliphatic hydroxyl groups is 1. The third kappa shape index (κ3) is 5.22. The summed E-state index contributed by atoms with van der Waals surface area (Å²) >= 11 is 0. The monoisotopic (exact) mass is 305 g/mol. The van der Waals surface area contributed by atoms with Crippen molar-refractivity contribution in [2.75, 3.05) is 40.4 Å². The summed E-state index contributed by atoms with van der Waals surface area (Å²) in [7, 11) is 2.03. The van der Waals surface area contributed by atoms with Gasteiger partial charge in [0.25, 0.3) is 0 Å². The third-order valence-corrected chi connectivity index (χ3v) is 4.20. The molecule has 0 aliphatic rings. The fourth-order valence-electron chi connectivity index (χ4n) is 1.56. The highest BCUT2D eigenvalue weighted by atomic mass is 32.2. The Morgan fingerprint density at radius 3 is 2.65 bits per heavy atom. The molecule has 0 bridgehead atoms. The fraction of sp³-hybridized carbons (Fsp3) is 0.667. The van der Waals surface area contributed by atoms with Crippen molar-refractivity contribution in [1.29, 1.82) is 0 Å². The van der Waals surface area contributed by atoms with E-state index in [-0.39, 0.29) is 18.0 Å². The van der Waals surface area contributed by atoms with E-state index >= 15 is 0 Å². The van der Waals surface area contributed by atoms with Crippen molar-refractivity contribution in [2.45, 2.75) is 11.5 Å². The molecule has 8 heteroatoms. The molecule has 0 atom stereocenters. The van der Waals surface area contributed by atoms with Crippen LogP contribution in [0.15, 0.2) is 17.2 Å². The lowest BCUT2D eigenvalue weighted by Gasteiger charge is -2.10. The van der Waals surface area contributed by atoms with E-state index in [4.69, 9.17) is 9.84 Å². The number of rotatable bonds is 9. The van der Waals surface area contributed by atoms with Crippen LogP contribution >= 0.6 is 0 Å². The van der Waals surface area contributed by atoms with Crippen LogP contribution in [0.5, 0.6) is 0 Å². The van der Waals surface area contributed by atoms with E-state index in [9.17, 15) is 8.42 Å². The summed E-state index contributed by atoms with van der Waals surface area (Å²) in [5.41, 5.74) is 0.549. The van der Waals surface area contributed by atoms with Gasteiger partial charge >= 0.3 is 0 Å². The summed E-state index contributed by atoms with van der Waals surface area (Å²) in [5.74, 6) is 0. The average molecular weight is 305 g/mol. The lowest BCUT2D eigenvalue weighted by atomic mass is 10.5. The lowest BCUT2D eigenvalue weighted by molar-refractivity contribution is 0.122. The molecule has 1 heterocycles. The SMILES string of the molecule is CN(C)CCOCCNS(=O)(=O)c1cc(CO)n(C)c1. The second kappa shape index (κ2) is 7.75. The normalized spacial score (nSPS) is 12.2. The Morgan fingerprint density at radius 1 is 1.40 bits per heavy atom. The maximum Gasteiger partial charge on any atom is 0.242 e. The van der Waals surface area contributed by atoms with Crippen molar-refractivity contribution < 1.29 is 18.3 Å². The van der Waals surface area contributed by atoms with Gasteiger partial charge in [-0.2, -0.15) is 0 Å². The third-order valence-electron chi connectivity index (χ3n) is 2.78. The van der Waals surface area contributed by atoms with Crippen LogP contribution in [0.25, 0.3) is 0 Å². The van der Waals surface area contributed by atoms with Gasteiger partial charge in [-0.1, -0.05) is 0 Å². The molecule has 20 heavy (non-hydrogen) atoms. The van der Waals surface area contributed by atoms with E-state index in [1.54, 1.807) is 11.6 Å². The predicted molar refractivity (Wildman–Crippen MR) is 75.9 cm³/mol. The maximum atomic E-state index is 12.0. The van der Waals surface area contributed by atoms with Gasteiger partial charge in [-0.3, -0.25) is 0 Å². The number of ether oxygens (including phenoxy) is 1. The van der Waals surface area contributed by atoms with Crippen LogP contribution in [-0.2, 0) is 28.4 Å². The molecule has 0 aliphatic heterocycles. The fourth-order valence-corrected chi connectivity index (χ4v) is 2.67. The van der Waals surface area contributed by atoms with Crippen molar-refractivity contribution in [1.82, 2.24) is 14.2 Å². The summed E-state index contributed by atoms with van der Waals surface area (Å²) in [4.78, 5) is 2.14. The average Bonchev–Trinajstić information content (AvgIpc) is 2.75. The van der Waals surface area contributed by atoms with Crippen molar-refractivity contribution in [3.63, 3.8) is 0 Å². The first kappa shape index (κ1) is 17.1. The number of hydrogen-bond acceptors (Lipinski definition) is 5. The molecule has 0 saturated carbocycles. The lowest BCUT2D eigenvalue weighted by Crippen LogP contribution is -2.28. The second-order valence-electron chi connectivity index (χ2n) is 4.75. The maximum absolute atomic E-state index is 12.0. The van der Waals surface area contributed by atoms with Gasteiger partial charge < -0.3 is 19.3 Å². The first-order valence-corrected chi connectivity index (χ1v) is 7.83. The standard InChI is InChI=1S/C12H23N3O4S/c1-14(2)5-7-19-6-4-13-20(17,18)12-8-11(10-16)15(3)9-12/h8-9,13,16H,4-7,10H2,1-3H3. The van der Waals surface area contributed by atoms with Gasteiger partial charge in [0, 0.05) is 32.0 Å². The van der Waals surface area contributed by atoms with Crippen LogP contribution in [0, 0.1) is 0 Å². The van der Waals surface area contributed by atoms with E-state index < -0.39 is 10.0 Å². The van der Waals surface area contributed by atoms with Gasteiger partial charge in [-0.25, -0.2) is 13.1 Å². The van der Waals surface area contributed by atoms with Gasteiger partial charge in [0.05, 0.1) is 24.7 Å². The molecule has 7 nitrogen and oxygen atoms in total. The smallest absolute Gasteiger partial charge is 0.242 e. The molecule has 0 fully saturated rings. The number of aryl methyl sites for hydroxylation is 1. The van der Waals surface area contributed by atoms with Crippen LogP contribution in [0.3, 0.4) is 0 Å². The molecule has 0 spiro atoms. The van der Waals surface area contributed by atoms with Crippen LogP contribution in [0.1, 0.15) is 5.69 Å². The van der Waals surface area contributed by atoms with Crippen molar-refractivity contribution >= 4 is 10.0 Å². The zero-order chi connectivity index (χ0) is 15.2. The molecule has 1 rings (SSSR count). The second-order valence-corrected chi connectivity index (χ2v) is 6.52. The molecule has 1 aromatic heterocycles. The van der Waals surface area contributed by atoms with Crippen LogP contribution in [-0.4, -0.2) is 63.4 Å². The summed E-state index contributed by atoms with van der Waals surface area (Å²) in [6, 6.07) is 1.45. The van der Waals surface area contributed by atoms with Crippen LogP contribution < -0.4 is 4.72 Å². The summed E-state index contributed by atoms with van der Waals surface area (Å²) in [5, 5.41) is 9.06. The molecule has 0 unspecified atom stereocenters. The molecule has 0 aliphatic carbocycles. The number of nitrogens with one attached hydrogen (secondary N) is 1. The zero-order valence-corrected chi connectivity index (χ0v) is 13.0. The van der Waals surface area contributed by atoms with E-state index in [0.29, 0.717) is 18.9 Å².